The third-order valence-corrected chi connectivity index (χ3v) is 3.97. The molecule has 106 valence electrons. The fraction of sp³-hybridized carbons (Fsp3) is 0.500. The molecule has 2 N–H and O–H groups in total. The summed E-state index contributed by atoms with van der Waals surface area (Å²) in [4.78, 5) is 11.8. The second kappa shape index (κ2) is 8.04. The van der Waals surface area contributed by atoms with Crippen molar-refractivity contribution in [2.45, 2.75) is 19.8 Å². The summed E-state index contributed by atoms with van der Waals surface area (Å²) in [5.41, 5.74) is 0.437. The Kier molecular flexibility index (Phi) is 6.70. The molecular formula is C14H20BrNO3. The Morgan fingerprint density at radius 1 is 1.53 bits per heavy atom. The molecule has 0 bridgehead atoms. The van der Waals surface area contributed by atoms with Crippen molar-refractivity contribution in [3.8, 4) is 11.5 Å². The van der Waals surface area contributed by atoms with Crippen molar-refractivity contribution in [2.75, 3.05) is 19.0 Å². The average molecular weight is 330 g/mol. The van der Waals surface area contributed by atoms with Crippen molar-refractivity contribution < 1.29 is 14.6 Å². The van der Waals surface area contributed by atoms with E-state index < -0.39 is 0 Å². The van der Waals surface area contributed by atoms with E-state index in [1.54, 1.807) is 12.1 Å². The van der Waals surface area contributed by atoms with Crippen LogP contribution < -0.4 is 10.1 Å². The Morgan fingerprint density at radius 3 is 2.84 bits per heavy atom. The quantitative estimate of drug-likeness (QED) is 0.597. The highest BCUT2D eigenvalue weighted by Gasteiger charge is 2.09. The highest BCUT2D eigenvalue weighted by molar-refractivity contribution is 9.09. The van der Waals surface area contributed by atoms with Crippen LogP contribution >= 0.6 is 15.9 Å². The molecule has 0 aromatic heterocycles. The smallest absolute Gasteiger partial charge is 0.251 e. The van der Waals surface area contributed by atoms with Gasteiger partial charge in [0.15, 0.2) is 11.5 Å². The van der Waals surface area contributed by atoms with E-state index in [0.29, 0.717) is 23.8 Å². The topological polar surface area (TPSA) is 58.6 Å². The number of amides is 1. The van der Waals surface area contributed by atoms with Crippen LogP contribution in [0, 0.1) is 5.92 Å². The summed E-state index contributed by atoms with van der Waals surface area (Å²) in [6.45, 7) is 2.81. The third kappa shape index (κ3) is 5.11. The van der Waals surface area contributed by atoms with Gasteiger partial charge in [-0.1, -0.05) is 22.9 Å². The highest BCUT2D eigenvalue weighted by atomic mass is 79.9. The van der Waals surface area contributed by atoms with Crippen LogP contribution in [0.5, 0.6) is 11.5 Å². The molecule has 0 saturated heterocycles. The molecule has 19 heavy (non-hydrogen) atoms. The molecule has 0 saturated carbocycles. The lowest BCUT2D eigenvalue weighted by atomic mass is 10.1. The molecule has 0 aliphatic rings. The van der Waals surface area contributed by atoms with E-state index in [1.165, 1.54) is 13.2 Å². The molecule has 1 unspecified atom stereocenters. The number of carbonyl (C=O) groups is 1. The summed E-state index contributed by atoms with van der Waals surface area (Å²) in [5.74, 6) is 0.775. The first-order valence-corrected chi connectivity index (χ1v) is 7.41. The zero-order valence-electron chi connectivity index (χ0n) is 11.3. The summed E-state index contributed by atoms with van der Waals surface area (Å²) in [5, 5.41) is 13.4. The summed E-state index contributed by atoms with van der Waals surface area (Å²) in [7, 11) is 1.47. The Morgan fingerprint density at radius 2 is 2.26 bits per heavy atom. The second-order valence-corrected chi connectivity index (χ2v) is 5.19. The fourth-order valence-corrected chi connectivity index (χ4v) is 1.99. The van der Waals surface area contributed by atoms with Gasteiger partial charge in [-0.3, -0.25) is 4.79 Å². The number of phenols is 1. The molecule has 1 aromatic carbocycles. The van der Waals surface area contributed by atoms with Crippen LogP contribution in [0.15, 0.2) is 18.2 Å². The first kappa shape index (κ1) is 15.8. The number of hydrogen-bond donors (Lipinski definition) is 2. The Hall–Kier alpha value is -1.23. The van der Waals surface area contributed by atoms with Gasteiger partial charge in [0, 0.05) is 17.4 Å². The van der Waals surface area contributed by atoms with Crippen molar-refractivity contribution >= 4 is 21.8 Å². The molecule has 0 spiro atoms. The van der Waals surface area contributed by atoms with Gasteiger partial charge in [-0.25, -0.2) is 0 Å². The highest BCUT2D eigenvalue weighted by Crippen LogP contribution is 2.26. The van der Waals surface area contributed by atoms with E-state index >= 15 is 0 Å². The minimum atomic E-state index is -0.176. The van der Waals surface area contributed by atoms with Crippen molar-refractivity contribution in [3.63, 3.8) is 0 Å². The van der Waals surface area contributed by atoms with Crippen molar-refractivity contribution in [1.29, 1.82) is 0 Å². The molecule has 1 amide bonds. The Bertz CT molecular complexity index is 423. The number of phenolic OH excluding ortho intramolecular Hbond substituents is 1. The monoisotopic (exact) mass is 329 g/mol. The van der Waals surface area contributed by atoms with Crippen LogP contribution in [0.25, 0.3) is 0 Å². The molecule has 1 rings (SSSR count). The van der Waals surface area contributed by atoms with Crippen LogP contribution in [0.4, 0.5) is 0 Å². The minimum absolute atomic E-state index is 0.0249. The molecule has 0 heterocycles. The molecule has 0 aliphatic carbocycles. The van der Waals surface area contributed by atoms with Gasteiger partial charge >= 0.3 is 0 Å². The first-order valence-electron chi connectivity index (χ1n) is 6.29. The predicted molar refractivity (Wildman–Crippen MR) is 79.2 cm³/mol. The number of aromatic hydroxyl groups is 1. The van der Waals surface area contributed by atoms with E-state index in [0.717, 1.165) is 18.2 Å². The number of rotatable bonds is 7. The maximum absolute atomic E-state index is 11.8. The number of methoxy groups -OCH3 is 1. The van der Waals surface area contributed by atoms with Crippen LogP contribution in [0.3, 0.4) is 0 Å². The Balaban J connectivity index is 2.43. The first-order chi connectivity index (χ1) is 9.08. The Labute approximate surface area is 122 Å². The number of alkyl halides is 1. The number of ether oxygens (including phenoxy) is 1. The van der Waals surface area contributed by atoms with E-state index in [-0.39, 0.29) is 11.7 Å². The van der Waals surface area contributed by atoms with Crippen LogP contribution in [-0.4, -0.2) is 30.0 Å². The molecule has 0 fully saturated rings. The van der Waals surface area contributed by atoms with E-state index in [4.69, 9.17) is 4.74 Å². The standard InChI is InChI=1S/C14H20BrNO3/c1-10(9-15)4-3-7-16-14(18)11-5-6-13(19-2)12(17)8-11/h5-6,8,10,17H,3-4,7,9H2,1-2H3,(H,16,18). The lowest BCUT2D eigenvalue weighted by Crippen LogP contribution is -2.24. The van der Waals surface area contributed by atoms with Gasteiger partial charge in [0.2, 0.25) is 0 Å². The molecule has 1 atom stereocenters. The van der Waals surface area contributed by atoms with Crippen LogP contribution in [0.2, 0.25) is 0 Å². The summed E-state index contributed by atoms with van der Waals surface area (Å²) in [6.07, 6.45) is 2.01. The number of benzene rings is 1. The lowest BCUT2D eigenvalue weighted by Gasteiger charge is -2.09. The number of halogens is 1. The molecule has 0 radical (unpaired) electrons. The van der Waals surface area contributed by atoms with Gasteiger partial charge in [-0.15, -0.1) is 0 Å². The van der Waals surface area contributed by atoms with Crippen LogP contribution in [0.1, 0.15) is 30.1 Å². The SMILES string of the molecule is COc1ccc(C(=O)NCCCC(C)CBr)cc1O. The number of carbonyl (C=O) groups excluding carboxylic acids is 1. The maximum atomic E-state index is 11.8. The average Bonchev–Trinajstić information content (AvgIpc) is 2.42. The van der Waals surface area contributed by atoms with Crippen LogP contribution in [-0.2, 0) is 0 Å². The van der Waals surface area contributed by atoms with Gasteiger partial charge in [0.05, 0.1) is 7.11 Å². The summed E-state index contributed by atoms with van der Waals surface area (Å²) in [6, 6.07) is 4.63. The molecule has 0 aliphatic heterocycles. The number of nitrogens with one attached hydrogen (secondary N) is 1. The number of hydrogen-bond acceptors (Lipinski definition) is 3. The maximum Gasteiger partial charge on any atom is 0.251 e. The normalized spacial score (nSPS) is 11.9. The van der Waals surface area contributed by atoms with E-state index in [9.17, 15) is 9.90 Å². The van der Waals surface area contributed by atoms with E-state index in [1.807, 2.05) is 0 Å². The zero-order valence-corrected chi connectivity index (χ0v) is 12.9. The van der Waals surface area contributed by atoms with Gasteiger partial charge in [0.1, 0.15) is 0 Å². The van der Waals surface area contributed by atoms with Gasteiger partial charge in [-0.05, 0) is 37.0 Å². The summed E-state index contributed by atoms with van der Waals surface area (Å²) >= 11 is 3.43. The predicted octanol–water partition coefficient (Wildman–Crippen LogP) is 2.94. The molecule has 4 nitrogen and oxygen atoms in total. The van der Waals surface area contributed by atoms with Crippen molar-refractivity contribution in [2.24, 2.45) is 5.92 Å². The molecule has 5 heteroatoms. The van der Waals surface area contributed by atoms with Crippen molar-refractivity contribution in [3.05, 3.63) is 23.8 Å². The lowest BCUT2D eigenvalue weighted by molar-refractivity contribution is 0.0952. The second-order valence-electron chi connectivity index (χ2n) is 4.54. The third-order valence-electron chi connectivity index (χ3n) is 2.86. The summed E-state index contributed by atoms with van der Waals surface area (Å²) < 4.78 is 4.93. The zero-order chi connectivity index (χ0) is 14.3. The minimum Gasteiger partial charge on any atom is -0.504 e. The molecular weight excluding hydrogens is 310 g/mol. The van der Waals surface area contributed by atoms with Gasteiger partial charge < -0.3 is 15.2 Å². The van der Waals surface area contributed by atoms with Gasteiger partial charge in [0.25, 0.3) is 5.91 Å². The van der Waals surface area contributed by atoms with E-state index in [2.05, 4.69) is 28.2 Å². The largest absolute Gasteiger partial charge is 0.504 e. The van der Waals surface area contributed by atoms with Crippen molar-refractivity contribution in [1.82, 2.24) is 5.32 Å². The fourth-order valence-electron chi connectivity index (χ4n) is 1.66. The van der Waals surface area contributed by atoms with Gasteiger partial charge in [-0.2, -0.15) is 0 Å². The molecule has 1 aromatic rings.